The molecule has 0 bridgehead atoms. The van der Waals surface area contributed by atoms with Gasteiger partial charge >= 0.3 is 0 Å². The van der Waals surface area contributed by atoms with Gasteiger partial charge in [-0.2, -0.15) is 5.10 Å². The summed E-state index contributed by atoms with van der Waals surface area (Å²) >= 11 is 1.58. The number of aryl methyl sites for hydroxylation is 1. The lowest BCUT2D eigenvalue weighted by Gasteiger charge is -2.09. The third-order valence-electron chi connectivity index (χ3n) is 5.13. The van der Waals surface area contributed by atoms with Gasteiger partial charge < -0.3 is 10.1 Å². The first-order valence-corrected chi connectivity index (χ1v) is 11.0. The number of hydrogen-bond acceptors (Lipinski definition) is 5. The summed E-state index contributed by atoms with van der Waals surface area (Å²) in [5.74, 6) is 0.862. The van der Waals surface area contributed by atoms with Gasteiger partial charge in [0.05, 0.1) is 23.4 Å². The topological polar surface area (TPSA) is 52.0 Å². The Morgan fingerprint density at radius 1 is 0.967 bits per heavy atom. The molecule has 2 heterocycles. The molecule has 0 aliphatic carbocycles. The number of aromatic nitrogens is 3. The van der Waals surface area contributed by atoms with Crippen LogP contribution in [0, 0.1) is 13.8 Å². The summed E-state index contributed by atoms with van der Waals surface area (Å²) in [5.41, 5.74) is 8.85. The predicted molar refractivity (Wildman–Crippen MR) is 121 cm³/mol. The lowest BCUT2D eigenvalue weighted by atomic mass is 10.1. The molecule has 0 amide bonds. The minimum Gasteiger partial charge on any atom is -0.487 e. The molecule has 0 atom stereocenters. The van der Waals surface area contributed by atoms with Crippen LogP contribution in [0.3, 0.4) is 0 Å². The summed E-state index contributed by atoms with van der Waals surface area (Å²) < 4.78 is 7.87. The molecule has 1 N–H and O–H groups in total. The maximum atomic E-state index is 5.77. The van der Waals surface area contributed by atoms with E-state index in [0.29, 0.717) is 6.61 Å². The van der Waals surface area contributed by atoms with Crippen molar-refractivity contribution in [3.63, 3.8) is 0 Å². The van der Waals surface area contributed by atoms with E-state index in [1.54, 1.807) is 11.3 Å². The van der Waals surface area contributed by atoms with Crippen molar-refractivity contribution in [3.05, 3.63) is 99.3 Å². The highest BCUT2D eigenvalue weighted by molar-refractivity contribution is 7.07. The first-order chi connectivity index (χ1) is 14.7. The Morgan fingerprint density at radius 2 is 1.77 bits per heavy atom. The second-order valence-corrected chi connectivity index (χ2v) is 8.03. The van der Waals surface area contributed by atoms with Crippen molar-refractivity contribution >= 4 is 11.3 Å². The number of nitrogens with zero attached hydrogens (tertiary/aromatic N) is 3. The van der Waals surface area contributed by atoms with E-state index < -0.39 is 0 Å². The Morgan fingerprint density at radius 3 is 2.50 bits per heavy atom. The molecule has 2 aromatic heterocycles. The van der Waals surface area contributed by atoms with Gasteiger partial charge in [-0.3, -0.25) is 4.68 Å². The summed E-state index contributed by atoms with van der Waals surface area (Å²) in [6, 6.07) is 18.7. The van der Waals surface area contributed by atoms with Crippen LogP contribution in [0.25, 0.3) is 0 Å². The van der Waals surface area contributed by atoms with Gasteiger partial charge in [0.25, 0.3) is 0 Å². The molecule has 0 aliphatic rings. The van der Waals surface area contributed by atoms with Crippen molar-refractivity contribution in [1.82, 2.24) is 20.1 Å². The maximum absolute atomic E-state index is 5.77. The second-order valence-electron chi connectivity index (χ2n) is 7.31. The lowest BCUT2D eigenvalue weighted by molar-refractivity contribution is 0.302. The Balaban J connectivity index is 1.29. The summed E-state index contributed by atoms with van der Waals surface area (Å²) in [4.78, 5) is 4.23. The highest BCUT2D eigenvalue weighted by atomic mass is 32.1. The highest BCUT2D eigenvalue weighted by Gasteiger charge is 2.11. The smallest absolute Gasteiger partial charge is 0.131 e. The monoisotopic (exact) mass is 418 g/mol. The summed E-state index contributed by atoms with van der Waals surface area (Å²) in [6.45, 7) is 7.14. The van der Waals surface area contributed by atoms with E-state index in [2.05, 4.69) is 65.2 Å². The molecule has 0 fully saturated rings. The number of hydrogen-bond donors (Lipinski definition) is 1. The van der Waals surface area contributed by atoms with E-state index in [4.69, 9.17) is 9.84 Å². The van der Waals surface area contributed by atoms with Crippen molar-refractivity contribution < 1.29 is 4.74 Å². The standard InChI is InChI=1S/C24H26N4OS/c1-18-24(19(2)28(27-18)14-21-6-4-3-5-7-21)13-25-12-20-8-10-23(11-9-20)29-15-22-16-30-17-26-22/h3-11,16-17,25H,12-15H2,1-2H3. The van der Waals surface area contributed by atoms with Crippen LogP contribution in [0.2, 0.25) is 0 Å². The number of ether oxygens (including phenoxy) is 1. The first-order valence-electron chi connectivity index (χ1n) is 10.1. The molecule has 30 heavy (non-hydrogen) atoms. The Kier molecular flexibility index (Phi) is 6.57. The molecule has 0 radical (unpaired) electrons. The molecule has 154 valence electrons. The zero-order chi connectivity index (χ0) is 20.8. The van der Waals surface area contributed by atoms with Crippen LogP contribution in [0.4, 0.5) is 0 Å². The average Bonchev–Trinajstić information content (AvgIpc) is 3.38. The molecular weight excluding hydrogens is 392 g/mol. The minimum absolute atomic E-state index is 0.507. The molecule has 2 aromatic carbocycles. The lowest BCUT2D eigenvalue weighted by Crippen LogP contribution is -2.14. The fourth-order valence-corrected chi connectivity index (χ4v) is 3.94. The van der Waals surface area contributed by atoms with Gasteiger partial charge in [0, 0.05) is 29.7 Å². The zero-order valence-corrected chi connectivity index (χ0v) is 18.2. The summed E-state index contributed by atoms with van der Waals surface area (Å²) in [7, 11) is 0. The Hall–Kier alpha value is -2.96. The second kappa shape index (κ2) is 9.69. The van der Waals surface area contributed by atoms with E-state index in [9.17, 15) is 0 Å². The van der Waals surface area contributed by atoms with Crippen molar-refractivity contribution in [2.45, 2.75) is 40.1 Å². The molecule has 5 nitrogen and oxygen atoms in total. The van der Waals surface area contributed by atoms with E-state index >= 15 is 0 Å². The molecule has 6 heteroatoms. The van der Waals surface area contributed by atoms with Crippen molar-refractivity contribution in [1.29, 1.82) is 0 Å². The number of thiazole rings is 1. The van der Waals surface area contributed by atoms with Crippen LogP contribution < -0.4 is 10.1 Å². The van der Waals surface area contributed by atoms with Gasteiger partial charge in [-0.1, -0.05) is 42.5 Å². The van der Waals surface area contributed by atoms with Crippen LogP contribution in [0.15, 0.2) is 65.5 Å². The Bertz CT molecular complexity index is 1060. The van der Waals surface area contributed by atoms with Gasteiger partial charge in [-0.25, -0.2) is 4.98 Å². The van der Waals surface area contributed by atoms with E-state index in [-0.39, 0.29) is 0 Å². The van der Waals surface area contributed by atoms with Crippen LogP contribution in [0.5, 0.6) is 5.75 Å². The Labute approximate surface area is 181 Å². The van der Waals surface area contributed by atoms with Crippen LogP contribution in [-0.4, -0.2) is 14.8 Å². The fourth-order valence-electron chi connectivity index (χ4n) is 3.40. The molecule has 0 unspecified atom stereocenters. The highest BCUT2D eigenvalue weighted by Crippen LogP contribution is 2.17. The van der Waals surface area contributed by atoms with Crippen LogP contribution in [-0.2, 0) is 26.2 Å². The van der Waals surface area contributed by atoms with Crippen LogP contribution in [0.1, 0.15) is 33.8 Å². The molecular formula is C24H26N4OS. The van der Waals surface area contributed by atoms with E-state index in [1.807, 2.05) is 29.1 Å². The minimum atomic E-state index is 0.507. The fraction of sp³-hybridized carbons (Fsp3) is 0.250. The quantitative estimate of drug-likeness (QED) is 0.421. The maximum Gasteiger partial charge on any atom is 0.131 e. The van der Waals surface area contributed by atoms with Crippen molar-refractivity contribution in [3.8, 4) is 5.75 Å². The SMILES string of the molecule is Cc1nn(Cc2ccccc2)c(C)c1CNCc1ccc(OCc2cscn2)cc1. The van der Waals surface area contributed by atoms with Gasteiger partial charge in [-0.15, -0.1) is 11.3 Å². The largest absolute Gasteiger partial charge is 0.487 e. The number of benzene rings is 2. The molecule has 4 aromatic rings. The molecule has 0 spiro atoms. The molecule has 0 saturated heterocycles. The number of rotatable bonds is 9. The summed E-state index contributed by atoms with van der Waals surface area (Å²) in [6.07, 6.45) is 0. The van der Waals surface area contributed by atoms with Crippen molar-refractivity contribution in [2.75, 3.05) is 0 Å². The number of nitrogens with one attached hydrogen (secondary N) is 1. The molecule has 0 saturated carbocycles. The summed E-state index contributed by atoms with van der Waals surface area (Å²) in [5, 5.41) is 10.3. The van der Waals surface area contributed by atoms with Gasteiger partial charge in [0.15, 0.2) is 0 Å². The van der Waals surface area contributed by atoms with Gasteiger partial charge in [-0.05, 0) is 37.1 Å². The van der Waals surface area contributed by atoms with Gasteiger partial charge in [0.2, 0.25) is 0 Å². The third kappa shape index (κ3) is 5.14. The van der Waals surface area contributed by atoms with E-state index in [1.165, 1.54) is 22.4 Å². The average molecular weight is 419 g/mol. The zero-order valence-electron chi connectivity index (χ0n) is 17.3. The molecule has 4 rings (SSSR count). The van der Waals surface area contributed by atoms with Crippen LogP contribution >= 0.6 is 11.3 Å². The molecule has 0 aliphatic heterocycles. The third-order valence-corrected chi connectivity index (χ3v) is 5.77. The first kappa shape index (κ1) is 20.3. The normalized spacial score (nSPS) is 11.0. The van der Waals surface area contributed by atoms with E-state index in [0.717, 1.165) is 36.8 Å². The van der Waals surface area contributed by atoms with Gasteiger partial charge in [0.1, 0.15) is 12.4 Å². The predicted octanol–water partition coefficient (Wildman–Crippen LogP) is 4.87. The van der Waals surface area contributed by atoms with Crippen molar-refractivity contribution in [2.24, 2.45) is 0 Å².